The molecule has 0 amide bonds. The van der Waals surface area contributed by atoms with E-state index >= 15 is 0 Å². The molecular weight excluding hydrogens is 156 g/mol. The minimum Gasteiger partial charge on any atom is -0.481 e. The number of carboxylic acids is 1. The average Bonchev–Trinajstić information content (AvgIpc) is 1.83. The first kappa shape index (κ1) is 11.2. The second-order valence-electron chi connectivity index (χ2n) is 3.50. The maximum atomic E-state index is 9.00. The maximum Gasteiger partial charge on any atom is 0.300 e. The molecule has 12 heavy (non-hydrogen) atoms. The first-order chi connectivity index (χ1) is 5.39. The van der Waals surface area contributed by atoms with Crippen LogP contribution < -0.4 is 0 Å². The summed E-state index contributed by atoms with van der Waals surface area (Å²) >= 11 is 0. The summed E-state index contributed by atoms with van der Waals surface area (Å²) in [5.74, 6) is -0.833. The summed E-state index contributed by atoms with van der Waals surface area (Å²) in [6, 6.07) is 0. The molecule has 1 aliphatic carbocycles. The van der Waals surface area contributed by atoms with Crippen molar-refractivity contribution >= 4 is 5.97 Å². The zero-order valence-corrected chi connectivity index (χ0v) is 7.79. The fraction of sp³-hybridized carbons (Fsp3) is 0.667. The van der Waals surface area contributed by atoms with E-state index in [1.165, 1.54) is 5.57 Å². The summed E-state index contributed by atoms with van der Waals surface area (Å²) in [5, 5.41) is 16.1. The highest BCUT2D eigenvalue weighted by atomic mass is 16.4. The summed E-state index contributed by atoms with van der Waals surface area (Å²) in [5.41, 5.74) is 1.53. The van der Waals surface area contributed by atoms with Gasteiger partial charge >= 0.3 is 0 Å². The van der Waals surface area contributed by atoms with Gasteiger partial charge in [-0.3, -0.25) is 4.79 Å². The molecule has 0 saturated heterocycles. The number of allylic oxidation sites excluding steroid dienone is 1. The Hall–Kier alpha value is -0.830. The second kappa shape index (κ2) is 4.26. The molecule has 0 spiro atoms. The van der Waals surface area contributed by atoms with Crippen LogP contribution in [0.25, 0.3) is 0 Å². The molecule has 1 aliphatic rings. The SMILES string of the molecule is CC(=O)O.CC1=CC(C)(CO)C1. The van der Waals surface area contributed by atoms with Crippen LogP contribution in [-0.2, 0) is 4.79 Å². The number of aliphatic hydroxyl groups is 1. The fourth-order valence-electron chi connectivity index (χ4n) is 1.30. The molecule has 3 heteroatoms. The Labute approximate surface area is 72.7 Å². The molecule has 1 atom stereocenters. The Kier molecular flexibility index (Phi) is 3.96. The molecular formula is C9H16O3. The van der Waals surface area contributed by atoms with Crippen molar-refractivity contribution in [3.8, 4) is 0 Å². The first-order valence-electron chi connectivity index (χ1n) is 3.88. The van der Waals surface area contributed by atoms with Crippen molar-refractivity contribution in [2.24, 2.45) is 5.41 Å². The van der Waals surface area contributed by atoms with Gasteiger partial charge in [-0.25, -0.2) is 0 Å². The van der Waals surface area contributed by atoms with Crippen LogP contribution in [0.5, 0.6) is 0 Å². The first-order valence-corrected chi connectivity index (χ1v) is 3.88. The van der Waals surface area contributed by atoms with Crippen molar-refractivity contribution in [1.29, 1.82) is 0 Å². The van der Waals surface area contributed by atoms with E-state index in [9.17, 15) is 0 Å². The van der Waals surface area contributed by atoms with Crippen LogP contribution in [0, 0.1) is 5.41 Å². The zero-order valence-electron chi connectivity index (χ0n) is 7.79. The van der Waals surface area contributed by atoms with Crippen LogP contribution in [0.15, 0.2) is 11.6 Å². The van der Waals surface area contributed by atoms with E-state index in [0.717, 1.165) is 13.3 Å². The van der Waals surface area contributed by atoms with Gasteiger partial charge in [-0.05, 0) is 13.3 Å². The van der Waals surface area contributed by atoms with Crippen LogP contribution in [0.1, 0.15) is 27.2 Å². The summed E-state index contributed by atoms with van der Waals surface area (Å²) < 4.78 is 0. The van der Waals surface area contributed by atoms with Gasteiger partial charge in [-0.2, -0.15) is 0 Å². The van der Waals surface area contributed by atoms with E-state index in [-0.39, 0.29) is 5.41 Å². The number of hydrogen-bond acceptors (Lipinski definition) is 2. The van der Waals surface area contributed by atoms with Crippen LogP contribution in [0.4, 0.5) is 0 Å². The zero-order chi connectivity index (χ0) is 9.78. The molecule has 2 N–H and O–H groups in total. The number of aliphatic carboxylic acids is 1. The lowest BCUT2D eigenvalue weighted by Crippen LogP contribution is -2.26. The topological polar surface area (TPSA) is 57.5 Å². The lowest BCUT2D eigenvalue weighted by atomic mass is 9.74. The summed E-state index contributed by atoms with van der Waals surface area (Å²) in [6.45, 7) is 5.54. The highest BCUT2D eigenvalue weighted by Gasteiger charge is 2.28. The van der Waals surface area contributed by atoms with Gasteiger partial charge in [0.25, 0.3) is 5.97 Å². The number of carboxylic acid groups (broad SMARTS) is 1. The summed E-state index contributed by atoms with van der Waals surface area (Å²) in [7, 11) is 0. The van der Waals surface area contributed by atoms with Crippen molar-refractivity contribution in [3.05, 3.63) is 11.6 Å². The predicted molar refractivity (Wildman–Crippen MR) is 46.9 cm³/mol. The maximum absolute atomic E-state index is 9.00. The average molecular weight is 172 g/mol. The van der Waals surface area contributed by atoms with Crippen molar-refractivity contribution in [3.63, 3.8) is 0 Å². The smallest absolute Gasteiger partial charge is 0.300 e. The van der Waals surface area contributed by atoms with Gasteiger partial charge in [0.15, 0.2) is 0 Å². The van der Waals surface area contributed by atoms with E-state index in [4.69, 9.17) is 15.0 Å². The third-order valence-corrected chi connectivity index (χ3v) is 1.64. The summed E-state index contributed by atoms with van der Waals surface area (Å²) in [4.78, 5) is 9.00. The third kappa shape index (κ3) is 4.13. The van der Waals surface area contributed by atoms with Crippen molar-refractivity contribution in [2.45, 2.75) is 27.2 Å². The molecule has 70 valence electrons. The van der Waals surface area contributed by atoms with Gasteiger partial charge in [0.05, 0.1) is 6.61 Å². The Bertz CT molecular complexity index is 192. The molecule has 0 bridgehead atoms. The second-order valence-corrected chi connectivity index (χ2v) is 3.50. The van der Waals surface area contributed by atoms with Gasteiger partial charge in [-0.1, -0.05) is 18.6 Å². The van der Waals surface area contributed by atoms with Gasteiger partial charge in [0.1, 0.15) is 0 Å². The van der Waals surface area contributed by atoms with Crippen LogP contribution in [-0.4, -0.2) is 22.8 Å². The van der Waals surface area contributed by atoms with E-state index in [0.29, 0.717) is 6.61 Å². The molecule has 1 rings (SSSR count). The molecule has 0 aliphatic heterocycles. The molecule has 0 radical (unpaired) electrons. The third-order valence-electron chi connectivity index (χ3n) is 1.64. The van der Waals surface area contributed by atoms with Gasteiger partial charge in [0, 0.05) is 12.3 Å². The minimum atomic E-state index is -0.833. The van der Waals surface area contributed by atoms with Crippen LogP contribution in [0.2, 0.25) is 0 Å². The molecule has 0 saturated carbocycles. The molecule has 0 aromatic rings. The van der Waals surface area contributed by atoms with Gasteiger partial charge in [0.2, 0.25) is 0 Å². The van der Waals surface area contributed by atoms with E-state index in [1.54, 1.807) is 0 Å². The van der Waals surface area contributed by atoms with Crippen molar-refractivity contribution in [1.82, 2.24) is 0 Å². The van der Waals surface area contributed by atoms with Crippen molar-refractivity contribution in [2.75, 3.05) is 6.61 Å². The lowest BCUT2D eigenvalue weighted by molar-refractivity contribution is -0.134. The van der Waals surface area contributed by atoms with Crippen LogP contribution >= 0.6 is 0 Å². The molecule has 0 fully saturated rings. The highest BCUT2D eigenvalue weighted by molar-refractivity contribution is 5.62. The predicted octanol–water partition coefficient (Wildman–Crippen LogP) is 1.43. The van der Waals surface area contributed by atoms with Gasteiger partial charge in [-0.15, -0.1) is 0 Å². The largest absolute Gasteiger partial charge is 0.481 e. The van der Waals surface area contributed by atoms with Crippen LogP contribution in [0.3, 0.4) is 0 Å². The molecule has 0 heterocycles. The number of hydrogen-bond donors (Lipinski definition) is 2. The van der Waals surface area contributed by atoms with Crippen molar-refractivity contribution < 1.29 is 15.0 Å². The molecule has 3 nitrogen and oxygen atoms in total. The Morgan fingerprint density at radius 3 is 2.17 bits per heavy atom. The Morgan fingerprint density at radius 2 is 2.08 bits per heavy atom. The highest BCUT2D eigenvalue weighted by Crippen LogP contribution is 2.37. The molecule has 0 aromatic carbocycles. The van der Waals surface area contributed by atoms with E-state index in [2.05, 4.69) is 19.9 Å². The Balaban J connectivity index is 0.000000261. The summed E-state index contributed by atoms with van der Waals surface area (Å²) in [6.07, 6.45) is 3.20. The number of aliphatic hydroxyl groups excluding tert-OH is 1. The Morgan fingerprint density at radius 1 is 1.75 bits per heavy atom. The lowest BCUT2D eigenvalue weighted by Gasteiger charge is -2.33. The molecule has 0 aromatic heterocycles. The minimum absolute atomic E-state index is 0.129. The number of carbonyl (C=O) groups is 1. The van der Waals surface area contributed by atoms with E-state index in [1.807, 2.05) is 0 Å². The fourth-order valence-corrected chi connectivity index (χ4v) is 1.30. The van der Waals surface area contributed by atoms with Gasteiger partial charge < -0.3 is 10.2 Å². The standard InChI is InChI=1S/C7H12O.C2H4O2/c1-6-3-7(2,4-6)5-8;1-2(3)4/h3,8H,4-5H2,1-2H3;1H3,(H,3,4). The quantitative estimate of drug-likeness (QED) is 0.588. The monoisotopic (exact) mass is 172 g/mol. The number of rotatable bonds is 1. The molecule has 1 unspecified atom stereocenters. The van der Waals surface area contributed by atoms with E-state index < -0.39 is 5.97 Å². The normalized spacial score (nSPS) is 26.2.